The Labute approximate surface area is 522 Å². The van der Waals surface area contributed by atoms with Crippen LogP contribution in [-0.2, 0) is 53.4 Å². The summed E-state index contributed by atoms with van der Waals surface area (Å²) in [6, 6.07) is 14.7. The molecular weight excluding hydrogens is 1160 g/mol. The number of aromatic nitrogens is 3. The first-order valence-corrected chi connectivity index (χ1v) is 30.2. The molecule has 0 bridgehead atoms. The molecule has 0 fully saturated rings. The number of benzene rings is 2. The molecule has 9 N–H and O–H groups in total. The number of fused-ring (bicyclic) bond motifs is 2. The Morgan fingerprint density at radius 3 is 1.97 bits per heavy atom. The van der Waals surface area contributed by atoms with Gasteiger partial charge in [-0.1, -0.05) is 6.07 Å². The SMILES string of the molecule is CCN(CC)c1ccc2c(c1)OC1CC(=[N+](CC)CC)C=CC1=C2c1c(NC(=S)NCCC(=O)NC(CCC(=O)NCc2c(O)c(=O)cc(C)n2C)(CCC(=O)Nc2c(O)c(=O)cc(C)n2C)CC(=O)NCc2c(C)c(=O)cc(C)n2C)cccc1C(=O)O. The van der Waals surface area contributed by atoms with Crippen LogP contribution in [0, 0.1) is 27.7 Å². The van der Waals surface area contributed by atoms with Crippen molar-refractivity contribution in [2.75, 3.05) is 48.3 Å². The van der Waals surface area contributed by atoms with E-state index in [1.54, 1.807) is 63.1 Å². The molecule has 0 saturated heterocycles. The highest BCUT2D eigenvalue weighted by atomic mass is 32.1. The van der Waals surface area contributed by atoms with Crippen molar-refractivity contribution in [3.63, 3.8) is 0 Å². The molecule has 24 heteroatoms. The number of amides is 4. The summed E-state index contributed by atoms with van der Waals surface area (Å²) in [6.45, 7) is 17.6. The standard InChI is InChI=1S/C65H81N11O12S/c1-12-75(13-2)41-19-21-43-52(32-41)88-53-33-42(76(14-3)15-4)20-22-44(53)58(43)59-45(63(86)87)17-16-18-46(59)69-64(89)66-28-25-56(82)71-65(27-24-55(81)70-62-61(85)51(79)31-39(7)74(62)11,34-57(83)68-35-47-40(8)49(77)29-37(5)72(47)9)26-23-54(80)67-36-48-60(84)50(78)30-38(6)73(48)10/h16-22,29-32,53H,12-15,23-28,33-36H2,1-11H3,(H8,66,67,68,70,71,79,80,81,82,83,84,85,86,87,89)/p+1. The summed E-state index contributed by atoms with van der Waals surface area (Å²) in [5, 5.41) is 49.7. The predicted octanol–water partition coefficient (Wildman–Crippen LogP) is 5.74. The number of carboxylic acids is 1. The normalized spacial score (nSPS) is 13.9. The molecular formula is C65H82N11O12S+. The van der Waals surface area contributed by atoms with Gasteiger partial charge in [0.05, 0.1) is 30.8 Å². The fraction of sp³-hybridized carbons (Fsp3) is 0.415. The third-order valence-corrected chi connectivity index (χ3v) is 17.2. The molecule has 4 heterocycles. The van der Waals surface area contributed by atoms with Crippen LogP contribution in [0.3, 0.4) is 0 Å². The zero-order chi connectivity index (χ0) is 65.2. The van der Waals surface area contributed by atoms with Crippen molar-refractivity contribution < 1.29 is 48.6 Å². The fourth-order valence-corrected chi connectivity index (χ4v) is 11.7. The van der Waals surface area contributed by atoms with Crippen LogP contribution in [-0.4, -0.2) is 118 Å². The number of aryl methyl sites for hydroxylation is 3. The number of rotatable bonds is 25. The summed E-state index contributed by atoms with van der Waals surface area (Å²) in [5.74, 6) is -4.58. The number of allylic oxidation sites excluding steroid dienone is 1. The lowest BCUT2D eigenvalue weighted by atomic mass is 9.81. The molecule has 0 radical (unpaired) electrons. The average molecular weight is 1240 g/mol. The van der Waals surface area contributed by atoms with E-state index >= 15 is 0 Å². The number of carbonyl (C=O) groups is 5. The molecule has 1 aliphatic carbocycles. The van der Waals surface area contributed by atoms with Gasteiger partial charge in [-0.25, -0.2) is 9.37 Å². The number of aromatic hydroxyl groups is 2. The lowest BCUT2D eigenvalue weighted by Gasteiger charge is -2.35. The first-order chi connectivity index (χ1) is 42.2. The second kappa shape index (κ2) is 29.1. The number of anilines is 3. The number of aromatic carboxylic acids is 1. The average Bonchev–Trinajstić information content (AvgIpc) is 0.784. The van der Waals surface area contributed by atoms with E-state index in [0.717, 1.165) is 43.2 Å². The van der Waals surface area contributed by atoms with E-state index < -0.39 is 76.4 Å². The smallest absolute Gasteiger partial charge is 0.336 e. The minimum absolute atomic E-state index is 0.00505. The zero-order valence-corrected chi connectivity index (χ0v) is 53.3. The number of hydrogen-bond acceptors (Lipinski definition) is 13. The molecule has 474 valence electrons. The van der Waals surface area contributed by atoms with Crippen LogP contribution < -0.4 is 57.8 Å². The summed E-state index contributed by atoms with van der Waals surface area (Å²) in [4.78, 5) is 110. The number of ether oxygens (including phenoxy) is 1. The second-order valence-electron chi connectivity index (χ2n) is 22.5. The quantitative estimate of drug-likeness (QED) is 0.0249. The van der Waals surface area contributed by atoms with Crippen LogP contribution in [0.4, 0.5) is 17.2 Å². The number of carbonyl (C=O) groups excluding carboxylic acids is 4. The number of hydrogen-bond donors (Lipinski definition) is 9. The lowest BCUT2D eigenvalue weighted by molar-refractivity contribution is -0.521. The Balaban J connectivity index is 1.19. The Morgan fingerprint density at radius 1 is 0.708 bits per heavy atom. The van der Waals surface area contributed by atoms with Gasteiger partial charge < -0.3 is 70.6 Å². The van der Waals surface area contributed by atoms with Crippen LogP contribution in [0.1, 0.15) is 128 Å². The van der Waals surface area contributed by atoms with Gasteiger partial charge in [-0.2, -0.15) is 0 Å². The van der Waals surface area contributed by atoms with E-state index in [1.165, 1.54) is 35.9 Å². The summed E-state index contributed by atoms with van der Waals surface area (Å²) in [7, 11) is 4.90. The Hall–Kier alpha value is -9.32. The molecule has 2 aliphatic rings. The molecule has 89 heavy (non-hydrogen) atoms. The molecule has 4 amide bonds. The molecule has 2 atom stereocenters. The second-order valence-corrected chi connectivity index (χ2v) is 22.9. The summed E-state index contributed by atoms with van der Waals surface area (Å²) >= 11 is 5.88. The van der Waals surface area contributed by atoms with Gasteiger partial charge in [-0.15, -0.1) is 0 Å². The van der Waals surface area contributed by atoms with Gasteiger partial charge in [-0.3, -0.25) is 33.6 Å². The van der Waals surface area contributed by atoms with Gasteiger partial charge in [0.2, 0.25) is 40.2 Å². The van der Waals surface area contributed by atoms with E-state index in [9.17, 15) is 53.7 Å². The Morgan fingerprint density at radius 2 is 1.31 bits per heavy atom. The number of thiocarbonyl (C=S) groups is 1. The highest BCUT2D eigenvalue weighted by Crippen LogP contribution is 2.47. The largest absolute Gasteiger partial charge is 0.503 e. The van der Waals surface area contributed by atoms with Gasteiger partial charge in [0.25, 0.3) is 0 Å². The molecule has 0 saturated carbocycles. The first kappa shape index (κ1) is 67.2. The molecule has 0 spiro atoms. The summed E-state index contributed by atoms with van der Waals surface area (Å²) in [6.07, 6.45) is 2.06. The van der Waals surface area contributed by atoms with Crippen LogP contribution in [0.2, 0.25) is 0 Å². The van der Waals surface area contributed by atoms with Crippen molar-refractivity contribution in [2.24, 2.45) is 21.1 Å². The van der Waals surface area contributed by atoms with Crippen molar-refractivity contribution in [1.82, 2.24) is 35.0 Å². The van der Waals surface area contributed by atoms with Gasteiger partial charge in [0.15, 0.2) is 27.8 Å². The van der Waals surface area contributed by atoms with E-state index in [0.29, 0.717) is 62.9 Å². The number of nitrogens with one attached hydrogen (secondary N) is 6. The molecule has 3 aromatic heterocycles. The van der Waals surface area contributed by atoms with Crippen molar-refractivity contribution in [1.29, 1.82) is 0 Å². The van der Waals surface area contributed by atoms with Crippen LogP contribution >= 0.6 is 12.2 Å². The Bertz CT molecular complexity index is 3900. The summed E-state index contributed by atoms with van der Waals surface area (Å²) < 4.78 is 13.8. The minimum atomic E-state index is -1.68. The first-order valence-electron chi connectivity index (χ1n) is 29.8. The van der Waals surface area contributed by atoms with Crippen LogP contribution in [0.15, 0.2) is 86.7 Å². The Kier molecular flexibility index (Phi) is 22.0. The van der Waals surface area contributed by atoms with E-state index in [1.807, 2.05) is 24.3 Å². The molecule has 23 nitrogen and oxygen atoms in total. The van der Waals surface area contributed by atoms with E-state index in [4.69, 9.17) is 17.0 Å². The predicted molar refractivity (Wildman–Crippen MR) is 346 cm³/mol. The zero-order valence-electron chi connectivity index (χ0n) is 52.5. The third-order valence-electron chi connectivity index (χ3n) is 17.0. The van der Waals surface area contributed by atoms with Gasteiger partial charge >= 0.3 is 5.97 Å². The maximum atomic E-state index is 14.5. The fourth-order valence-electron chi connectivity index (χ4n) is 11.4. The lowest BCUT2D eigenvalue weighted by Crippen LogP contribution is -2.53. The van der Waals surface area contributed by atoms with Crippen molar-refractivity contribution in [3.05, 3.63) is 154 Å². The molecule has 2 unspecified atom stereocenters. The molecule has 2 aromatic carbocycles. The van der Waals surface area contributed by atoms with Crippen LogP contribution in [0.5, 0.6) is 17.2 Å². The van der Waals surface area contributed by atoms with Gasteiger partial charge in [-0.05, 0) is 111 Å². The van der Waals surface area contributed by atoms with Gasteiger partial charge in [0.1, 0.15) is 24.9 Å². The third kappa shape index (κ3) is 15.5. The molecule has 5 aromatic rings. The number of pyridine rings is 3. The van der Waals surface area contributed by atoms with Gasteiger partial charge in [0, 0.05) is 164 Å². The van der Waals surface area contributed by atoms with Crippen molar-refractivity contribution >= 4 is 75.4 Å². The monoisotopic (exact) mass is 1240 g/mol. The number of carboxylic acid groups (broad SMARTS) is 1. The topological polar surface area (TPSA) is 300 Å². The maximum Gasteiger partial charge on any atom is 0.336 e. The van der Waals surface area contributed by atoms with E-state index in [-0.39, 0.29) is 72.9 Å². The van der Waals surface area contributed by atoms with E-state index in [2.05, 4.69) is 75.1 Å². The summed E-state index contributed by atoms with van der Waals surface area (Å²) in [5.41, 5.74) is 4.27. The van der Waals surface area contributed by atoms with Crippen molar-refractivity contribution in [3.8, 4) is 17.2 Å². The minimum Gasteiger partial charge on any atom is -0.503 e. The van der Waals surface area contributed by atoms with Crippen LogP contribution in [0.25, 0.3) is 5.57 Å². The molecule has 1 aliphatic heterocycles. The highest BCUT2D eigenvalue weighted by Gasteiger charge is 2.38. The van der Waals surface area contributed by atoms with Crippen molar-refractivity contribution in [2.45, 2.75) is 125 Å². The number of nitrogens with zero attached hydrogens (tertiary/aromatic N) is 5. The maximum absolute atomic E-state index is 14.5. The highest BCUT2D eigenvalue weighted by molar-refractivity contribution is 7.80. The molecule has 7 rings (SSSR count).